The topological polar surface area (TPSA) is 48.1 Å². The van der Waals surface area contributed by atoms with E-state index >= 15 is 0 Å². The van der Waals surface area contributed by atoms with Gasteiger partial charge in [-0.3, -0.25) is 4.98 Å². The largest absolute Gasteiger partial charge is 0.483 e. The van der Waals surface area contributed by atoms with Crippen LogP contribution in [0.25, 0.3) is 0 Å². The molecule has 0 saturated carbocycles. The van der Waals surface area contributed by atoms with Crippen molar-refractivity contribution in [3.05, 3.63) is 57.2 Å². The summed E-state index contributed by atoms with van der Waals surface area (Å²) in [7, 11) is 0. The molecule has 0 amide bonds. The lowest BCUT2D eigenvalue weighted by Gasteiger charge is -2.25. The van der Waals surface area contributed by atoms with Crippen molar-refractivity contribution in [3.63, 3.8) is 0 Å². The van der Waals surface area contributed by atoms with E-state index in [0.29, 0.717) is 0 Å². The fraction of sp³-hybridized carbons (Fsp3) is 0.267. The van der Waals surface area contributed by atoms with Crippen LogP contribution in [-0.2, 0) is 0 Å². The van der Waals surface area contributed by atoms with Gasteiger partial charge in [0.1, 0.15) is 11.9 Å². The van der Waals surface area contributed by atoms with Crippen LogP contribution < -0.4 is 10.5 Å². The Labute approximate surface area is 135 Å². The normalized spacial score (nSPS) is 13.8. The van der Waals surface area contributed by atoms with Gasteiger partial charge in [-0.25, -0.2) is 0 Å². The summed E-state index contributed by atoms with van der Waals surface area (Å²) in [6.45, 7) is 2.05. The highest BCUT2D eigenvalue weighted by Crippen LogP contribution is 2.33. The van der Waals surface area contributed by atoms with Gasteiger partial charge in [-0.15, -0.1) is 0 Å². The molecule has 2 N–H and O–H groups in total. The molecule has 0 spiro atoms. The average molecular weight is 400 g/mol. The number of aromatic nitrogens is 1. The monoisotopic (exact) mass is 398 g/mol. The Morgan fingerprint density at radius 2 is 2.10 bits per heavy atom. The number of ether oxygens (including phenoxy) is 1. The minimum atomic E-state index is -0.217. The number of nitrogens with two attached hydrogens (primary N) is 1. The first kappa shape index (κ1) is 15.5. The van der Waals surface area contributed by atoms with Crippen molar-refractivity contribution in [3.8, 4) is 5.75 Å². The Hall–Kier alpha value is -0.910. The molecule has 0 aliphatic heterocycles. The second-order valence-electron chi connectivity index (χ2n) is 4.47. The zero-order valence-electron chi connectivity index (χ0n) is 11.1. The van der Waals surface area contributed by atoms with E-state index in [1.165, 1.54) is 0 Å². The highest BCUT2D eigenvalue weighted by molar-refractivity contribution is 9.11. The predicted molar refractivity (Wildman–Crippen MR) is 87.7 cm³/mol. The number of rotatable bonds is 5. The van der Waals surface area contributed by atoms with Crippen molar-refractivity contribution in [1.82, 2.24) is 4.98 Å². The van der Waals surface area contributed by atoms with Crippen LogP contribution in [0.4, 0.5) is 0 Å². The third-order valence-electron chi connectivity index (χ3n) is 3.02. The molecule has 0 radical (unpaired) electrons. The zero-order chi connectivity index (χ0) is 14.5. The van der Waals surface area contributed by atoms with Gasteiger partial charge in [0.05, 0.1) is 4.47 Å². The number of nitrogens with zero attached hydrogens (tertiary/aromatic N) is 1. The van der Waals surface area contributed by atoms with E-state index < -0.39 is 0 Å². The highest BCUT2D eigenvalue weighted by Gasteiger charge is 2.21. The molecule has 0 saturated heterocycles. The van der Waals surface area contributed by atoms with Crippen LogP contribution in [0, 0.1) is 0 Å². The maximum absolute atomic E-state index is 6.20. The smallest absolute Gasteiger partial charge is 0.140 e. The van der Waals surface area contributed by atoms with Gasteiger partial charge in [0, 0.05) is 28.5 Å². The second kappa shape index (κ2) is 7.20. The molecular weight excluding hydrogens is 384 g/mol. The van der Waals surface area contributed by atoms with Gasteiger partial charge < -0.3 is 10.5 Å². The summed E-state index contributed by atoms with van der Waals surface area (Å²) in [5.74, 6) is 0.769. The molecule has 2 rings (SSSR count). The van der Waals surface area contributed by atoms with E-state index in [-0.39, 0.29) is 12.1 Å². The van der Waals surface area contributed by atoms with Crippen molar-refractivity contribution >= 4 is 31.9 Å². The van der Waals surface area contributed by atoms with Gasteiger partial charge in [0.15, 0.2) is 0 Å². The third kappa shape index (κ3) is 3.81. The number of halogens is 2. The van der Waals surface area contributed by atoms with Crippen LogP contribution in [0.3, 0.4) is 0 Å². The molecular formula is C15H16Br2N2O. The molecule has 20 heavy (non-hydrogen) atoms. The molecule has 0 bridgehead atoms. The molecule has 0 aliphatic carbocycles. The van der Waals surface area contributed by atoms with Crippen LogP contribution in [0.2, 0.25) is 0 Å². The summed E-state index contributed by atoms with van der Waals surface area (Å²) in [6.07, 6.45) is 4.15. The summed E-state index contributed by atoms with van der Waals surface area (Å²) in [6, 6.07) is 9.60. The standard InChI is InChI=1S/C15H16Br2N2O/c1-2-13(18)15(10-4-3-7-19-9-10)20-14-6-5-11(16)8-12(14)17/h3-9,13,15H,2,18H2,1H3. The van der Waals surface area contributed by atoms with E-state index in [1.807, 2.05) is 37.3 Å². The summed E-state index contributed by atoms with van der Waals surface area (Å²) < 4.78 is 7.99. The molecule has 0 fully saturated rings. The first-order chi connectivity index (χ1) is 9.61. The van der Waals surface area contributed by atoms with E-state index in [2.05, 4.69) is 36.8 Å². The molecule has 5 heteroatoms. The number of pyridine rings is 1. The lowest BCUT2D eigenvalue weighted by atomic mass is 10.0. The number of hydrogen-bond acceptors (Lipinski definition) is 3. The summed E-state index contributed by atoms with van der Waals surface area (Å²) in [4.78, 5) is 4.15. The van der Waals surface area contributed by atoms with Crippen LogP contribution in [0.1, 0.15) is 25.0 Å². The van der Waals surface area contributed by atoms with Crippen LogP contribution in [0.5, 0.6) is 5.75 Å². The minimum Gasteiger partial charge on any atom is -0.483 e. The molecule has 1 heterocycles. The zero-order valence-corrected chi connectivity index (χ0v) is 14.3. The SMILES string of the molecule is CCC(N)C(Oc1ccc(Br)cc1Br)c1cccnc1. The lowest BCUT2D eigenvalue weighted by Crippen LogP contribution is -2.31. The highest BCUT2D eigenvalue weighted by atomic mass is 79.9. The third-order valence-corrected chi connectivity index (χ3v) is 4.13. The van der Waals surface area contributed by atoms with Crippen molar-refractivity contribution in [1.29, 1.82) is 0 Å². The first-order valence-electron chi connectivity index (χ1n) is 6.39. The van der Waals surface area contributed by atoms with Crippen LogP contribution in [-0.4, -0.2) is 11.0 Å². The molecule has 3 nitrogen and oxygen atoms in total. The molecule has 2 atom stereocenters. The van der Waals surface area contributed by atoms with Crippen molar-refractivity contribution < 1.29 is 4.74 Å². The fourth-order valence-corrected chi connectivity index (χ4v) is 3.01. The number of benzene rings is 1. The van der Waals surface area contributed by atoms with Gasteiger partial charge in [-0.1, -0.05) is 28.9 Å². The van der Waals surface area contributed by atoms with Gasteiger partial charge in [0.2, 0.25) is 0 Å². The summed E-state index contributed by atoms with van der Waals surface area (Å²) >= 11 is 6.94. The average Bonchev–Trinajstić information content (AvgIpc) is 2.46. The van der Waals surface area contributed by atoms with Crippen molar-refractivity contribution in [2.24, 2.45) is 5.73 Å². The maximum atomic E-state index is 6.20. The second-order valence-corrected chi connectivity index (χ2v) is 6.24. The molecule has 2 aromatic rings. The molecule has 0 aliphatic rings. The van der Waals surface area contributed by atoms with Crippen molar-refractivity contribution in [2.75, 3.05) is 0 Å². The Kier molecular flexibility index (Phi) is 5.57. The predicted octanol–water partition coefficient (Wildman–Crippen LogP) is 4.46. The van der Waals surface area contributed by atoms with E-state index in [9.17, 15) is 0 Å². The van der Waals surface area contributed by atoms with E-state index in [0.717, 1.165) is 26.7 Å². The quantitative estimate of drug-likeness (QED) is 0.806. The van der Waals surface area contributed by atoms with Gasteiger partial charge in [0.25, 0.3) is 0 Å². The summed E-state index contributed by atoms with van der Waals surface area (Å²) in [5.41, 5.74) is 7.18. The Morgan fingerprint density at radius 3 is 2.70 bits per heavy atom. The van der Waals surface area contributed by atoms with Gasteiger partial charge >= 0.3 is 0 Å². The van der Waals surface area contributed by atoms with E-state index in [4.69, 9.17) is 10.5 Å². The molecule has 106 valence electrons. The van der Waals surface area contributed by atoms with Gasteiger partial charge in [-0.2, -0.15) is 0 Å². The van der Waals surface area contributed by atoms with E-state index in [1.54, 1.807) is 12.4 Å². The molecule has 2 unspecified atom stereocenters. The Bertz CT molecular complexity index is 563. The maximum Gasteiger partial charge on any atom is 0.140 e. The first-order valence-corrected chi connectivity index (χ1v) is 7.97. The minimum absolute atomic E-state index is 0.0882. The Morgan fingerprint density at radius 1 is 1.30 bits per heavy atom. The Balaban J connectivity index is 2.29. The van der Waals surface area contributed by atoms with Crippen molar-refractivity contribution in [2.45, 2.75) is 25.5 Å². The van der Waals surface area contributed by atoms with Gasteiger partial charge in [-0.05, 0) is 46.6 Å². The fourth-order valence-electron chi connectivity index (χ4n) is 1.87. The lowest BCUT2D eigenvalue weighted by molar-refractivity contribution is 0.169. The molecule has 1 aromatic heterocycles. The number of hydrogen-bond donors (Lipinski definition) is 1. The molecule has 1 aromatic carbocycles. The van der Waals surface area contributed by atoms with Crippen LogP contribution >= 0.6 is 31.9 Å². The summed E-state index contributed by atoms with van der Waals surface area (Å²) in [5, 5.41) is 0. The van der Waals surface area contributed by atoms with Crippen LogP contribution in [0.15, 0.2) is 51.7 Å².